The van der Waals surface area contributed by atoms with Crippen molar-refractivity contribution in [1.82, 2.24) is 5.48 Å². The molecule has 0 bridgehead atoms. The number of rotatable bonds is 3. The minimum atomic E-state index is -4.40. The van der Waals surface area contributed by atoms with Crippen LogP contribution in [0.3, 0.4) is 0 Å². The van der Waals surface area contributed by atoms with Crippen LogP contribution in [0.4, 0.5) is 13.2 Å². The number of alkyl halides is 3. The maximum Gasteiger partial charge on any atom is 0.414 e. The molecule has 0 aromatic heterocycles. The van der Waals surface area contributed by atoms with Crippen molar-refractivity contribution in [2.24, 2.45) is 5.92 Å². The molecule has 0 aromatic carbocycles. The fraction of sp³-hybridized carbons (Fsp3) is 0.875. The molecule has 1 aliphatic carbocycles. The molecule has 1 aliphatic rings. The summed E-state index contributed by atoms with van der Waals surface area (Å²) in [6, 6.07) is 0. The second-order valence-electron chi connectivity index (χ2n) is 3.35. The van der Waals surface area contributed by atoms with Gasteiger partial charge in [-0.15, -0.1) is 0 Å². The molecule has 0 spiro atoms. The van der Waals surface area contributed by atoms with Crippen molar-refractivity contribution in [2.45, 2.75) is 31.9 Å². The summed E-state index contributed by atoms with van der Waals surface area (Å²) in [6.07, 6.45) is -1.01. The number of hydrogen-bond donors (Lipinski definition) is 1. The third kappa shape index (κ3) is 3.95. The first-order chi connectivity index (χ1) is 6.49. The smallest absolute Gasteiger partial charge is 0.273 e. The van der Waals surface area contributed by atoms with Gasteiger partial charge in [0.15, 0.2) is 6.61 Å². The molecule has 1 fully saturated rings. The van der Waals surface area contributed by atoms with Crippen molar-refractivity contribution in [3.05, 3.63) is 0 Å². The molecule has 14 heavy (non-hydrogen) atoms. The summed E-state index contributed by atoms with van der Waals surface area (Å²) in [5.41, 5.74) is 1.82. The summed E-state index contributed by atoms with van der Waals surface area (Å²) in [7, 11) is 0. The summed E-state index contributed by atoms with van der Waals surface area (Å²) in [5.74, 6) is -0.616. The van der Waals surface area contributed by atoms with E-state index >= 15 is 0 Å². The topological polar surface area (TPSA) is 38.3 Å². The van der Waals surface area contributed by atoms with Crippen LogP contribution in [0.2, 0.25) is 0 Å². The Labute approximate surface area is 79.6 Å². The minimum absolute atomic E-state index is 0.178. The molecule has 0 aromatic rings. The molecule has 0 aliphatic heterocycles. The van der Waals surface area contributed by atoms with E-state index in [1.807, 2.05) is 5.48 Å². The first-order valence-corrected chi connectivity index (χ1v) is 4.47. The fourth-order valence-electron chi connectivity index (χ4n) is 1.46. The van der Waals surface area contributed by atoms with Gasteiger partial charge in [0.25, 0.3) is 0 Å². The molecular formula is C8H12F3NO2. The molecule has 0 atom stereocenters. The van der Waals surface area contributed by atoms with Crippen LogP contribution in [0, 0.1) is 5.92 Å². The van der Waals surface area contributed by atoms with Crippen LogP contribution >= 0.6 is 0 Å². The van der Waals surface area contributed by atoms with E-state index in [1.165, 1.54) is 0 Å². The van der Waals surface area contributed by atoms with Gasteiger partial charge >= 0.3 is 6.18 Å². The maximum absolute atomic E-state index is 11.6. The predicted octanol–water partition coefficient (Wildman–Crippen LogP) is 1.79. The van der Waals surface area contributed by atoms with Crippen molar-refractivity contribution in [2.75, 3.05) is 6.61 Å². The van der Waals surface area contributed by atoms with Gasteiger partial charge in [-0.3, -0.25) is 9.63 Å². The molecule has 3 nitrogen and oxygen atoms in total. The van der Waals surface area contributed by atoms with Gasteiger partial charge in [0.05, 0.1) is 0 Å². The van der Waals surface area contributed by atoms with E-state index in [1.54, 1.807) is 0 Å². The third-order valence-electron chi connectivity index (χ3n) is 2.13. The zero-order chi connectivity index (χ0) is 10.6. The normalized spacial score (nSPS) is 18.5. The van der Waals surface area contributed by atoms with Gasteiger partial charge in [0, 0.05) is 5.92 Å². The number of halogens is 3. The Morgan fingerprint density at radius 3 is 2.43 bits per heavy atom. The van der Waals surface area contributed by atoms with Crippen molar-refractivity contribution < 1.29 is 22.8 Å². The molecule has 0 heterocycles. The summed E-state index contributed by atoms with van der Waals surface area (Å²) < 4.78 is 34.8. The van der Waals surface area contributed by atoms with Crippen LogP contribution in [-0.2, 0) is 9.63 Å². The second kappa shape index (κ2) is 4.63. The highest BCUT2D eigenvalue weighted by Crippen LogP contribution is 2.24. The Bertz CT molecular complexity index is 199. The Morgan fingerprint density at radius 2 is 1.93 bits per heavy atom. The standard InChI is InChI=1S/C8H12F3NO2/c9-8(10,11)5-14-12-7(13)6-3-1-2-4-6/h6H,1-5H2,(H,12,13). The van der Waals surface area contributed by atoms with E-state index in [4.69, 9.17) is 0 Å². The third-order valence-corrected chi connectivity index (χ3v) is 2.13. The zero-order valence-electron chi connectivity index (χ0n) is 7.56. The molecule has 1 saturated carbocycles. The number of carbonyl (C=O) groups excluding carboxylic acids is 1. The molecular weight excluding hydrogens is 199 g/mol. The monoisotopic (exact) mass is 211 g/mol. The highest BCUT2D eigenvalue weighted by Gasteiger charge is 2.29. The first-order valence-electron chi connectivity index (χ1n) is 4.47. The predicted molar refractivity (Wildman–Crippen MR) is 42.1 cm³/mol. The number of amides is 1. The molecule has 0 unspecified atom stereocenters. The van der Waals surface area contributed by atoms with E-state index in [2.05, 4.69) is 4.84 Å². The summed E-state index contributed by atoms with van der Waals surface area (Å²) >= 11 is 0. The lowest BCUT2D eigenvalue weighted by atomic mass is 10.1. The minimum Gasteiger partial charge on any atom is -0.273 e. The highest BCUT2D eigenvalue weighted by molar-refractivity contribution is 5.77. The Hall–Kier alpha value is -0.780. The van der Waals surface area contributed by atoms with Crippen molar-refractivity contribution >= 4 is 5.91 Å². The first kappa shape index (κ1) is 11.3. The molecule has 82 valence electrons. The number of nitrogens with one attached hydrogen (secondary N) is 1. The maximum atomic E-state index is 11.6. The van der Waals surface area contributed by atoms with Crippen molar-refractivity contribution in [1.29, 1.82) is 0 Å². The van der Waals surface area contributed by atoms with Crippen LogP contribution in [0.25, 0.3) is 0 Å². The van der Waals surface area contributed by atoms with Crippen LogP contribution in [0.1, 0.15) is 25.7 Å². The van der Waals surface area contributed by atoms with Crippen LogP contribution in [0.5, 0.6) is 0 Å². The second-order valence-corrected chi connectivity index (χ2v) is 3.35. The van der Waals surface area contributed by atoms with Crippen molar-refractivity contribution in [3.8, 4) is 0 Å². The molecule has 1 amide bonds. The molecule has 6 heteroatoms. The number of carbonyl (C=O) groups is 1. The highest BCUT2D eigenvalue weighted by atomic mass is 19.4. The van der Waals surface area contributed by atoms with Gasteiger partial charge in [-0.2, -0.15) is 13.2 Å². The van der Waals surface area contributed by atoms with Crippen LogP contribution in [0.15, 0.2) is 0 Å². The lowest BCUT2D eigenvalue weighted by Crippen LogP contribution is -2.33. The van der Waals surface area contributed by atoms with E-state index < -0.39 is 18.7 Å². The van der Waals surface area contributed by atoms with Crippen molar-refractivity contribution in [3.63, 3.8) is 0 Å². The van der Waals surface area contributed by atoms with Gasteiger partial charge in [-0.05, 0) is 12.8 Å². The fourth-order valence-corrected chi connectivity index (χ4v) is 1.46. The zero-order valence-corrected chi connectivity index (χ0v) is 7.56. The molecule has 0 radical (unpaired) electrons. The quantitative estimate of drug-likeness (QED) is 0.722. The van der Waals surface area contributed by atoms with Gasteiger partial charge in [-0.25, -0.2) is 5.48 Å². The average Bonchev–Trinajstić information content (AvgIpc) is 2.53. The summed E-state index contributed by atoms with van der Waals surface area (Å²) in [6.45, 7) is -1.44. The lowest BCUT2D eigenvalue weighted by molar-refractivity contribution is -0.192. The number of hydrogen-bond acceptors (Lipinski definition) is 2. The molecule has 0 saturated heterocycles. The van der Waals surface area contributed by atoms with E-state index in [-0.39, 0.29) is 5.92 Å². The summed E-state index contributed by atoms with van der Waals surface area (Å²) in [4.78, 5) is 15.2. The molecule has 1 rings (SSSR count). The van der Waals surface area contributed by atoms with E-state index in [0.717, 1.165) is 25.7 Å². The Balaban J connectivity index is 2.15. The average molecular weight is 211 g/mol. The lowest BCUT2D eigenvalue weighted by Gasteiger charge is -2.11. The van der Waals surface area contributed by atoms with E-state index in [0.29, 0.717) is 0 Å². The van der Waals surface area contributed by atoms with Gasteiger partial charge in [-0.1, -0.05) is 12.8 Å². The Morgan fingerprint density at radius 1 is 1.36 bits per heavy atom. The summed E-state index contributed by atoms with van der Waals surface area (Å²) in [5, 5.41) is 0. The van der Waals surface area contributed by atoms with Crippen LogP contribution < -0.4 is 5.48 Å². The van der Waals surface area contributed by atoms with Gasteiger partial charge in [0.1, 0.15) is 0 Å². The Kier molecular flexibility index (Phi) is 3.74. The largest absolute Gasteiger partial charge is 0.414 e. The SMILES string of the molecule is O=C(NOCC(F)(F)F)C1CCCC1. The van der Waals surface area contributed by atoms with Crippen LogP contribution in [-0.4, -0.2) is 18.7 Å². The van der Waals surface area contributed by atoms with Gasteiger partial charge in [0.2, 0.25) is 5.91 Å². The number of hydroxylamine groups is 1. The van der Waals surface area contributed by atoms with Gasteiger partial charge < -0.3 is 0 Å². The van der Waals surface area contributed by atoms with E-state index in [9.17, 15) is 18.0 Å². The molecule has 1 N–H and O–H groups in total.